The molecular weight excluding hydrogens is 297 g/mol. The zero-order valence-electron chi connectivity index (χ0n) is 12.6. The summed E-state index contributed by atoms with van der Waals surface area (Å²) in [6.45, 7) is 3.82. The Morgan fingerprint density at radius 1 is 1.22 bits per heavy atom. The van der Waals surface area contributed by atoms with Crippen LogP contribution in [0.25, 0.3) is 11.1 Å². The van der Waals surface area contributed by atoms with Crippen LogP contribution in [0.4, 0.5) is 10.1 Å². The maximum atomic E-state index is 13.3. The number of anilines is 1. The van der Waals surface area contributed by atoms with E-state index in [1.165, 1.54) is 12.1 Å². The number of halogens is 1. The molecule has 0 atom stereocenters. The Kier molecular flexibility index (Phi) is 2.75. The Bertz CT molecular complexity index is 876. The van der Waals surface area contributed by atoms with Gasteiger partial charge in [0.15, 0.2) is 0 Å². The molecule has 0 radical (unpaired) electrons. The van der Waals surface area contributed by atoms with Crippen LogP contribution in [0.3, 0.4) is 0 Å². The number of allylic oxidation sites excluding steroid dienone is 1. The molecule has 1 aromatic carbocycles. The van der Waals surface area contributed by atoms with Crippen LogP contribution in [0.1, 0.15) is 25.2 Å². The molecule has 0 bridgehead atoms. The summed E-state index contributed by atoms with van der Waals surface area (Å²) in [5, 5.41) is 2.67. The van der Waals surface area contributed by atoms with Crippen molar-refractivity contribution in [1.29, 1.82) is 0 Å². The monoisotopic (exact) mass is 311 g/mol. The SMILES string of the molecule is CC1(C)O/C(=C2/C(=O)Nc3cc(F)ccc32)C=C1c1ccco1. The minimum absolute atomic E-state index is 0.298. The smallest absolute Gasteiger partial charge is 0.260 e. The summed E-state index contributed by atoms with van der Waals surface area (Å²) < 4.78 is 24.8. The average molecular weight is 311 g/mol. The maximum Gasteiger partial charge on any atom is 0.260 e. The van der Waals surface area contributed by atoms with Crippen LogP contribution in [0.2, 0.25) is 0 Å². The second kappa shape index (κ2) is 4.59. The van der Waals surface area contributed by atoms with Gasteiger partial charge in [0.05, 0.1) is 17.5 Å². The molecule has 2 aliphatic rings. The molecule has 0 aliphatic carbocycles. The largest absolute Gasteiger partial charge is 0.482 e. The average Bonchev–Trinajstić information content (AvgIpc) is 3.15. The topological polar surface area (TPSA) is 51.5 Å². The Labute approximate surface area is 132 Å². The van der Waals surface area contributed by atoms with E-state index in [1.807, 2.05) is 26.0 Å². The molecule has 3 heterocycles. The summed E-state index contributed by atoms with van der Waals surface area (Å²) in [7, 11) is 0. The van der Waals surface area contributed by atoms with Gasteiger partial charge in [-0.1, -0.05) is 0 Å². The fourth-order valence-corrected chi connectivity index (χ4v) is 2.98. The quantitative estimate of drug-likeness (QED) is 0.811. The molecule has 0 saturated carbocycles. The highest BCUT2D eigenvalue weighted by atomic mass is 19.1. The van der Waals surface area contributed by atoms with Crippen molar-refractivity contribution in [2.45, 2.75) is 19.4 Å². The van der Waals surface area contributed by atoms with Gasteiger partial charge in [-0.05, 0) is 50.3 Å². The molecule has 2 aliphatic heterocycles. The number of fused-ring (bicyclic) bond motifs is 1. The summed E-state index contributed by atoms with van der Waals surface area (Å²) in [5.41, 5.74) is 1.74. The van der Waals surface area contributed by atoms with Crippen LogP contribution in [0, 0.1) is 5.82 Å². The number of furan rings is 1. The molecule has 0 fully saturated rings. The number of carbonyl (C=O) groups is 1. The highest BCUT2D eigenvalue weighted by molar-refractivity contribution is 6.32. The third-order valence-corrected chi connectivity index (χ3v) is 4.05. The Morgan fingerprint density at radius 2 is 2.04 bits per heavy atom. The highest BCUT2D eigenvalue weighted by Gasteiger charge is 2.38. The predicted octanol–water partition coefficient (Wildman–Crippen LogP) is 3.97. The van der Waals surface area contributed by atoms with Crippen LogP contribution in [0.15, 0.2) is 52.8 Å². The van der Waals surface area contributed by atoms with Gasteiger partial charge in [-0.25, -0.2) is 4.39 Å². The van der Waals surface area contributed by atoms with Gasteiger partial charge < -0.3 is 14.5 Å². The fourth-order valence-electron chi connectivity index (χ4n) is 2.98. The second-order valence-corrected chi connectivity index (χ2v) is 6.03. The summed E-state index contributed by atoms with van der Waals surface area (Å²) in [6.07, 6.45) is 3.41. The fraction of sp³-hybridized carbons (Fsp3) is 0.167. The number of amides is 1. The molecule has 2 aromatic rings. The van der Waals surface area contributed by atoms with Gasteiger partial charge in [-0.2, -0.15) is 0 Å². The van der Waals surface area contributed by atoms with Crippen molar-refractivity contribution in [3.05, 3.63) is 65.6 Å². The first-order chi connectivity index (χ1) is 11.0. The van der Waals surface area contributed by atoms with Crippen molar-refractivity contribution in [3.8, 4) is 0 Å². The molecule has 0 saturated heterocycles. The summed E-state index contributed by atoms with van der Waals surface area (Å²) in [6, 6.07) is 7.87. The number of carbonyl (C=O) groups excluding carboxylic acids is 1. The normalized spacial score (nSPS) is 21.7. The van der Waals surface area contributed by atoms with Crippen LogP contribution in [-0.2, 0) is 9.53 Å². The minimum atomic E-state index is -0.622. The van der Waals surface area contributed by atoms with Crippen molar-refractivity contribution >= 4 is 22.7 Å². The van der Waals surface area contributed by atoms with E-state index >= 15 is 0 Å². The molecule has 4 nitrogen and oxygen atoms in total. The summed E-state index contributed by atoms with van der Waals surface area (Å²) >= 11 is 0. The predicted molar refractivity (Wildman–Crippen MR) is 83.8 cm³/mol. The number of hydrogen-bond donors (Lipinski definition) is 1. The van der Waals surface area contributed by atoms with Gasteiger partial charge in [0.2, 0.25) is 0 Å². The number of nitrogens with one attached hydrogen (secondary N) is 1. The molecule has 1 N–H and O–H groups in total. The maximum absolute atomic E-state index is 13.3. The van der Waals surface area contributed by atoms with Gasteiger partial charge in [-0.3, -0.25) is 4.79 Å². The molecule has 0 spiro atoms. The van der Waals surface area contributed by atoms with Crippen molar-refractivity contribution < 1.29 is 18.3 Å². The van der Waals surface area contributed by atoms with Gasteiger partial charge in [0, 0.05) is 11.1 Å². The van der Waals surface area contributed by atoms with Crippen molar-refractivity contribution in [2.24, 2.45) is 0 Å². The van der Waals surface area contributed by atoms with Gasteiger partial charge in [0.25, 0.3) is 5.91 Å². The van der Waals surface area contributed by atoms with E-state index in [1.54, 1.807) is 18.4 Å². The summed E-state index contributed by atoms with van der Waals surface area (Å²) in [4.78, 5) is 12.3. The lowest BCUT2D eigenvalue weighted by molar-refractivity contribution is -0.111. The standard InChI is InChI=1S/C18H14FNO3/c1-18(2)12(14-4-3-7-22-14)9-15(23-18)16-11-6-5-10(19)8-13(11)20-17(16)21/h3-9H,1-2H3,(H,20,21)/b16-15+. The first-order valence-electron chi connectivity index (χ1n) is 7.26. The van der Waals surface area contributed by atoms with E-state index in [2.05, 4.69) is 5.32 Å². The first kappa shape index (κ1) is 13.8. The van der Waals surface area contributed by atoms with E-state index in [9.17, 15) is 9.18 Å². The highest BCUT2D eigenvalue weighted by Crippen LogP contribution is 2.44. The van der Waals surface area contributed by atoms with Crippen LogP contribution < -0.4 is 5.32 Å². The van der Waals surface area contributed by atoms with Crippen LogP contribution >= 0.6 is 0 Å². The van der Waals surface area contributed by atoms with E-state index < -0.39 is 11.4 Å². The van der Waals surface area contributed by atoms with Crippen LogP contribution in [0.5, 0.6) is 0 Å². The second-order valence-electron chi connectivity index (χ2n) is 6.03. The molecule has 1 aromatic heterocycles. The lowest BCUT2D eigenvalue weighted by Gasteiger charge is -2.22. The van der Waals surface area contributed by atoms with Crippen molar-refractivity contribution in [1.82, 2.24) is 0 Å². The number of hydrogen-bond acceptors (Lipinski definition) is 3. The molecule has 116 valence electrons. The molecule has 1 amide bonds. The third kappa shape index (κ3) is 2.08. The zero-order valence-corrected chi connectivity index (χ0v) is 12.6. The van der Waals surface area contributed by atoms with E-state index in [0.29, 0.717) is 28.3 Å². The number of benzene rings is 1. The van der Waals surface area contributed by atoms with Gasteiger partial charge >= 0.3 is 0 Å². The Hall–Kier alpha value is -2.82. The molecular formula is C18H14FNO3. The Balaban J connectivity index is 1.88. The van der Waals surface area contributed by atoms with Gasteiger partial charge in [0.1, 0.15) is 22.9 Å². The number of ether oxygens (including phenoxy) is 1. The molecule has 4 rings (SSSR count). The Morgan fingerprint density at radius 3 is 2.78 bits per heavy atom. The van der Waals surface area contributed by atoms with Crippen molar-refractivity contribution in [2.75, 3.05) is 5.32 Å². The third-order valence-electron chi connectivity index (χ3n) is 4.05. The lowest BCUT2D eigenvalue weighted by atomic mass is 9.97. The van der Waals surface area contributed by atoms with Gasteiger partial charge in [-0.15, -0.1) is 0 Å². The minimum Gasteiger partial charge on any atom is -0.482 e. The number of rotatable bonds is 1. The van der Waals surface area contributed by atoms with Crippen molar-refractivity contribution in [3.63, 3.8) is 0 Å². The molecule has 23 heavy (non-hydrogen) atoms. The zero-order chi connectivity index (χ0) is 16.2. The van der Waals surface area contributed by atoms with E-state index in [0.717, 1.165) is 5.57 Å². The first-order valence-corrected chi connectivity index (χ1v) is 7.26. The molecule has 0 unspecified atom stereocenters. The van der Waals surface area contributed by atoms with E-state index in [4.69, 9.17) is 9.15 Å². The van der Waals surface area contributed by atoms with E-state index in [-0.39, 0.29) is 5.91 Å². The summed E-state index contributed by atoms with van der Waals surface area (Å²) in [5.74, 6) is 0.468. The molecule has 5 heteroatoms. The lowest BCUT2D eigenvalue weighted by Crippen LogP contribution is -2.21. The van der Waals surface area contributed by atoms with Crippen LogP contribution in [-0.4, -0.2) is 11.5 Å².